The SMILES string of the molecule is CC(C)NC(=O)Cn1nc(-c2ccc(CCN3C4CCC3COC4)cn2)nc1-c1cccc(Cl)c1. The zero-order valence-corrected chi connectivity index (χ0v) is 20.9. The lowest BCUT2D eigenvalue weighted by molar-refractivity contribution is -0.122. The molecule has 0 saturated carbocycles. The lowest BCUT2D eigenvalue weighted by atomic mass is 10.1. The standard InChI is InChI=1S/C26H31ClN6O2/c1-17(2)29-24(34)14-33-26(19-4-3-5-20(27)12-19)30-25(31-33)23-9-6-18(13-28-23)10-11-32-21-7-8-22(32)16-35-15-21/h3-6,9,12-13,17,21-22H,7-8,10-11,14-16H2,1-2H3,(H,29,34). The summed E-state index contributed by atoms with van der Waals surface area (Å²) >= 11 is 6.21. The summed E-state index contributed by atoms with van der Waals surface area (Å²) in [6, 6.07) is 12.6. The van der Waals surface area contributed by atoms with Crippen LogP contribution in [0.3, 0.4) is 0 Å². The number of carbonyl (C=O) groups excluding carboxylic acids is 1. The normalized spacial score (nSPS) is 19.9. The minimum absolute atomic E-state index is 0.0435. The molecule has 2 aliphatic heterocycles. The molecule has 2 aromatic heterocycles. The topological polar surface area (TPSA) is 85.2 Å². The van der Waals surface area contributed by atoms with Crippen molar-refractivity contribution in [2.45, 2.75) is 57.8 Å². The Balaban J connectivity index is 1.34. The Morgan fingerprint density at radius 3 is 2.69 bits per heavy atom. The smallest absolute Gasteiger partial charge is 0.242 e. The van der Waals surface area contributed by atoms with E-state index in [4.69, 9.17) is 21.3 Å². The summed E-state index contributed by atoms with van der Waals surface area (Å²) in [5, 5.41) is 8.13. The first-order valence-electron chi connectivity index (χ1n) is 12.2. The van der Waals surface area contributed by atoms with Crippen molar-refractivity contribution in [3.8, 4) is 22.9 Å². The fourth-order valence-corrected chi connectivity index (χ4v) is 5.14. The highest BCUT2D eigenvalue weighted by Crippen LogP contribution is 2.29. The van der Waals surface area contributed by atoms with Crippen LogP contribution in [0.1, 0.15) is 32.3 Å². The number of benzene rings is 1. The Hall–Kier alpha value is -2.81. The Bertz CT molecular complexity index is 1160. The maximum atomic E-state index is 12.5. The van der Waals surface area contributed by atoms with Crippen molar-refractivity contribution in [2.24, 2.45) is 0 Å². The van der Waals surface area contributed by atoms with Crippen molar-refractivity contribution in [3.63, 3.8) is 0 Å². The van der Waals surface area contributed by atoms with Crippen LogP contribution in [0.25, 0.3) is 22.9 Å². The van der Waals surface area contributed by atoms with Crippen LogP contribution in [0, 0.1) is 0 Å². The van der Waals surface area contributed by atoms with Gasteiger partial charge >= 0.3 is 0 Å². The number of pyridine rings is 1. The molecular weight excluding hydrogens is 464 g/mol. The number of nitrogens with zero attached hydrogens (tertiary/aromatic N) is 5. The number of carbonyl (C=O) groups is 1. The molecule has 1 aromatic carbocycles. The van der Waals surface area contributed by atoms with Gasteiger partial charge in [0.2, 0.25) is 5.91 Å². The number of hydrogen-bond donors (Lipinski definition) is 1. The Labute approximate surface area is 210 Å². The molecule has 2 bridgehead atoms. The van der Waals surface area contributed by atoms with Gasteiger partial charge in [0, 0.05) is 41.5 Å². The average Bonchev–Trinajstić information content (AvgIpc) is 3.33. The number of amides is 1. The third kappa shape index (κ3) is 5.55. The largest absolute Gasteiger partial charge is 0.378 e. The number of fused-ring (bicyclic) bond motifs is 2. The molecule has 9 heteroatoms. The van der Waals surface area contributed by atoms with Crippen LogP contribution in [0.4, 0.5) is 0 Å². The van der Waals surface area contributed by atoms with Crippen LogP contribution in [0.2, 0.25) is 5.02 Å². The number of nitrogens with one attached hydrogen (secondary N) is 1. The van der Waals surface area contributed by atoms with E-state index in [1.807, 2.05) is 44.3 Å². The van der Waals surface area contributed by atoms with E-state index < -0.39 is 0 Å². The van der Waals surface area contributed by atoms with Crippen molar-refractivity contribution in [1.29, 1.82) is 0 Å². The van der Waals surface area contributed by atoms with E-state index >= 15 is 0 Å². The Morgan fingerprint density at radius 2 is 2.00 bits per heavy atom. The van der Waals surface area contributed by atoms with Gasteiger partial charge in [-0.05, 0) is 56.9 Å². The summed E-state index contributed by atoms with van der Waals surface area (Å²) in [6.45, 7) is 6.65. The molecule has 1 amide bonds. The van der Waals surface area contributed by atoms with Crippen LogP contribution in [0.5, 0.6) is 0 Å². The van der Waals surface area contributed by atoms with Crippen LogP contribution >= 0.6 is 11.6 Å². The van der Waals surface area contributed by atoms with Gasteiger partial charge in [-0.15, -0.1) is 5.10 Å². The number of aromatic nitrogens is 4. The van der Waals surface area contributed by atoms with Crippen molar-refractivity contribution < 1.29 is 9.53 Å². The third-order valence-corrected chi connectivity index (χ3v) is 6.84. The highest BCUT2D eigenvalue weighted by atomic mass is 35.5. The van der Waals surface area contributed by atoms with Crippen LogP contribution < -0.4 is 5.32 Å². The first-order chi connectivity index (χ1) is 17.0. The highest BCUT2D eigenvalue weighted by molar-refractivity contribution is 6.30. The van der Waals surface area contributed by atoms with Gasteiger partial charge in [-0.2, -0.15) is 0 Å². The predicted octanol–water partition coefficient (Wildman–Crippen LogP) is 3.59. The summed E-state index contributed by atoms with van der Waals surface area (Å²) in [4.78, 5) is 24.4. The van der Waals surface area contributed by atoms with Crippen molar-refractivity contribution in [1.82, 2.24) is 30.0 Å². The molecule has 2 atom stereocenters. The van der Waals surface area contributed by atoms with Gasteiger partial charge in [-0.1, -0.05) is 29.8 Å². The fraction of sp³-hybridized carbons (Fsp3) is 0.462. The second-order valence-corrected chi connectivity index (χ2v) is 10.0. The Kier molecular flexibility index (Phi) is 7.13. The summed E-state index contributed by atoms with van der Waals surface area (Å²) in [7, 11) is 0. The minimum atomic E-state index is -0.125. The molecular formula is C26H31ClN6O2. The van der Waals surface area contributed by atoms with Crippen molar-refractivity contribution in [2.75, 3.05) is 19.8 Å². The van der Waals surface area contributed by atoms with E-state index in [1.165, 1.54) is 18.4 Å². The number of hydrogen-bond acceptors (Lipinski definition) is 6. The summed E-state index contributed by atoms with van der Waals surface area (Å²) in [5.41, 5.74) is 2.65. The molecule has 35 heavy (non-hydrogen) atoms. The average molecular weight is 495 g/mol. The molecule has 184 valence electrons. The third-order valence-electron chi connectivity index (χ3n) is 6.60. The number of rotatable bonds is 8. The number of ether oxygens (including phenoxy) is 1. The fourth-order valence-electron chi connectivity index (χ4n) is 4.95. The lowest BCUT2D eigenvalue weighted by Gasteiger charge is -2.34. The molecule has 1 N–H and O–H groups in total. The van der Waals surface area contributed by atoms with Crippen molar-refractivity contribution in [3.05, 3.63) is 53.2 Å². The molecule has 0 aliphatic carbocycles. The predicted molar refractivity (Wildman–Crippen MR) is 135 cm³/mol. The second kappa shape index (κ2) is 10.4. The van der Waals surface area contributed by atoms with E-state index in [0.29, 0.717) is 34.4 Å². The van der Waals surface area contributed by atoms with Gasteiger partial charge in [0.1, 0.15) is 12.2 Å². The number of morpholine rings is 1. The van der Waals surface area contributed by atoms with Gasteiger partial charge in [0.25, 0.3) is 0 Å². The van der Waals surface area contributed by atoms with Gasteiger partial charge in [0.15, 0.2) is 11.6 Å². The zero-order valence-electron chi connectivity index (χ0n) is 20.2. The molecule has 0 radical (unpaired) electrons. The summed E-state index contributed by atoms with van der Waals surface area (Å²) in [6.07, 6.45) is 5.33. The maximum Gasteiger partial charge on any atom is 0.242 e. The first kappa shape index (κ1) is 23.9. The first-order valence-corrected chi connectivity index (χ1v) is 12.6. The summed E-state index contributed by atoms with van der Waals surface area (Å²) in [5.74, 6) is 0.935. The molecule has 2 fully saturated rings. The maximum absolute atomic E-state index is 12.5. The van der Waals surface area contributed by atoms with E-state index in [9.17, 15) is 4.79 Å². The molecule has 3 aromatic rings. The lowest BCUT2D eigenvalue weighted by Crippen LogP contribution is -2.46. The van der Waals surface area contributed by atoms with Gasteiger partial charge in [-0.25, -0.2) is 9.67 Å². The van der Waals surface area contributed by atoms with E-state index in [2.05, 4.69) is 26.4 Å². The molecule has 5 rings (SSSR count). The van der Waals surface area contributed by atoms with E-state index in [0.717, 1.165) is 31.7 Å². The monoisotopic (exact) mass is 494 g/mol. The molecule has 4 heterocycles. The van der Waals surface area contributed by atoms with E-state index in [-0.39, 0.29) is 18.5 Å². The van der Waals surface area contributed by atoms with Gasteiger partial charge in [-0.3, -0.25) is 14.7 Å². The molecule has 0 spiro atoms. The van der Waals surface area contributed by atoms with Gasteiger partial charge < -0.3 is 10.1 Å². The number of halogens is 1. The van der Waals surface area contributed by atoms with Crippen LogP contribution in [0.15, 0.2) is 42.6 Å². The zero-order chi connectivity index (χ0) is 24.4. The van der Waals surface area contributed by atoms with Crippen LogP contribution in [-0.2, 0) is 22.5 Å². The Morgan fingerprint density at radius 1 is 1.20 bits per heavy atom. The second-order valence-electron chi connectivity index (χ2n) is 9.61. The van der Waals surface area contributed by atoms with Crippen molar-refractivity contribution >= 4 is 17.5 Å². The van der Waals surface area contributed by atoms with Crippen LogP contribution in [-0.4, -0.2) is 68.4 Å². The molecule has 2 unspecified atom stereocenters. The minimum Gasteiger partial charge on any atom is -0.378 e. The highest BCUT2D eigenvalue weighted by Gasteiger charge is 2.36. The van der Waals surface area contributed by atoms with Gasteiger partial charge in [0.05, 0.1) is 13.2 Å². The quantitative estimate of drug-likeness (QED) is 0.515. The molecule has 8 nitrogen and oxygen atoms in total. The molecule has 2 aliphatic rings. The molecule has 2 saturated heterocycles. The van der Waals surface area contributed by atoms with E-state index in [1.54, 1.807) is 10.7 Å². The summed E-state index contributed by atoms with van der Waals surface area (Å²) < 4.78 is 7.31.